The molecule has 1 aromatic rings. The van der Waals surface area contributed by atoms with E-state index >= 15 is 0 Å². The second-order valence-electron chi connectivity index (χ2n) is 12.0. The molecule has 1 fully saturated rings. The second kappa shape index (κ2) is 21.8. The molecule has 0 radical (unpaired) electrons. The zero-order valence-electron chi connectivity index (χ0n) is 27.3. The van der Waals surface area contributed by atoms with E-state index in [-0.39, 0.29) is 24.7 Å². The maximum atomic E-state index is 12.1. The van der Waals surface area contributed by atoms with Gasteiger partial charge < -0.3 is 34.9 Å². The molecule has 1 aliphatic heterocycles. The third-order valence-electron chi connectivity index (χ3n) is 6.93. The summed E-state index contributed by atoms with van der Waals surface area (Å²) in [6.45, 7) is 11.1. The van der Waals surface area contributed by atoms with Gasteiger partial charge in [0.1, 0.15) is 5.60 Å². The highest BCUT2D eigenvalue weighted by Crippen LogP contribution is 2.30. The van der Waals surface area contributed by atoms with Gasteiger partial charge in [-0.3, -0.25) is 19.5 Å². The van der Waals surface area contributed by atoms with E-state index in [4.69, 9.17) is 18.9 Å². The third kappa shape index (κ3) is 18.1. The summed E-state index contributed by atoms with van der Waals surface area (Å²) in [7, 11) is 2.16. The van der Waals surface area contributed by atoms with Gasteiger partial charge in [0.25, 0.3) is 0 Å². The van der Waals surface area contributed by atoms with E-state index < -0.39 is 11.7 Å². The van der Waals surface area contributed by atoms with Crippen molar-refractivity contribution >= 4 is 17.9 Å². The molecule has 0 saturated carbocycles. The largest absolute Gasteiger partial charge is 0.444 e. The van der Waals surface area contributed by atoms with Gasteiger partial charge in [-0.25, -0.2) is 4.79 Å². The number of hydrogen-bond donors (Lipinski definition) is 3. The zero-order valence-corrected chi connectivity index (χ0v) is 27.3. The standard InChI is InChI=1S/C32H55N5O7/c1-32(2,3)44-31(40)36-15-8-18-42-20-22-43-21-19-41-17-7-14-35-30(39)12-11-29(38)34-13-5-9-26-23-27(25-33-24-26)28-10-6-16-37(28)4/h23-25,28H,5-22H2,1-4H3,(H,34,38)(H,35,39)(H,36,40)/t28-/m0/s1. The number of carbonyl (C=O) groups excluding carboxylic acids is 3. The smallest absolute Gasteiger partial charge is 0.407 e. The van der Waals surface area contributed by atoms with Crippen LogP contribution in [0.15, 0.2) is 18.5 Å². The lowest BCUT2D eigenvalue weighted by molar-refractivity contribution is -0.126. The normalized spacial score (nSPS) is 15.2. The summed E-state index contributed by atoms with van der Waals surface area (Å²) >= 11 is 0. The van der Waals surface area contributed by atoms with Crippen LogP contribution < -0.4 is 16.0 Å². The van der Waals surface area contributed by atoms with Crippen LogP contribution in [0.4, 0.5) is 4.79 Å². The number of rotatable bonds is 22. The molecule has 3 N–H and O–H groups in total. The van der Waals surface area contributed by atoms with Crippen LogP contribution in [0.1, 0.15) is 82.9 Å². The van der Waals surface area contributed by atoms with Crippen LogP contribution in [0.25, 0.3) is 0 Å². The SMILES string of the molecule is CN1CCC[C@H]1c1cncc(CCCNC(=O)CCC(=O)NCCCOCCOCCOCCCNC(=O)OC(C)(C)C)c1. The van der Waals surface area contributed by atoms with Gasteiger partial charge in [-0.1, -0.05) is 6.07 Å². The van der Waals surface area contributed by atoms with Crippen molar-refractivity contribution in [1.82, 2.24) is 25.8 Å². The Labute approximate surface area is 263 Å². The molecule has 250 valence electrons. The molecule has 0 aromatic carbocycles. The number of hydrogen-bond acceptors (Lipinski definition) is 9. The van der Waals surface area contributed by atoms with Crippen molar-refractivity contribution in [3.8, 4) is 0 Å². The Balaban J connectivity index is 1.33. The van der Waals surface area contributed by atoms with E-state index in [1.165, 1.54) is 24.0 Å². The van der Waals surface area contributed by atoms with Crippen LogP contribution in [0.3, 0.4) is 0 Å². The van der Waals surface area contributed by atoms with Crippen LogP contribution in [0.2, 0.25) is 0 Å². The summed E-state index contributed by atoms with van der Waals surface area (Å²) in [6.07, 6.45) is 9.26. The fourth-order valence-corrected chi connectivity index (χ4v) is 4.70. The van der Waals surface area contributed by atoms with Gasteiger partial charge in [-0.2, -0.15) is 0 Å². The number of likely N-dealkylation sites (tertiary alicyclic amines) is 1. The first-order chi connectivity index (χ1) is 21.1. The highest BCUT2D eigenvalue weighted by molar-refractivity contribution is 5.83. The highest BCUT2D eigenvalue weighted by atomic mass is 16.6. The van der Waals surface area contributed by atoms with E-state index in [1.54, 1.807) is 0 Å². The first kappa shape index (κ1) is 37.4. The van der Waals surface area contributed by atoms with Gasteiger partial charge in [0, 0.05) is 64.1 Å². The summed E-state index contributed by atoms with van der Waals surface area (Å²) in [6, 6.07) is 2.69. The van der Waals surface area contributed by atoms with Gasteiger partial charge in [-0.05, 0) is 84.0 Å². The van der Waals surface area contributed by atoms with Crippen molar-refractivity contribution in [2.45, 2.75) is 83.8 Å². The van der Waals surface area contributed by atoms with Crippen LogP contribution in [-0.2, 0) is 35.0 Å². The lowest BCUT2D eigenvalue weighted by Crippen LogP contribution is -2.33. The fourth-order valence-electron chi connectivity index (χ4n) is 4.70. The second-order valence-corrected chi connectivity index (χ2v) is 12.0. The molecular formula is C32H55N5O7. The predicted molar refractivity (Wildman–Crippen MR) is 168 cm³/mol. The molecule has 1 saturated heterocycles. The Bertz CT molecular complexity index is 973. The summed E-state index contributed by atoms with van der Waals surface area (Å²) in [4.78, 5) is 42.5. The van der Waals surface area contributed by atoms with Gasteiger partial charge in [0.15, 0.2) is 0 Å². The molecule has 0 aliphatic carbocycles. The fraction of sp³-hybridized carbons (Fsp3) is 0.750. The summed E-state index contributed by atoms with van der Waals surface area (Å²) in [5.74, 6) is -0.243. The number of amides is 3. The van der Waals surface area contributed by atoms with Crippen molar-refractivity contribution in [3.63, 3.8) is 0 Å². The number of ether oxygens (including phenoxy) is 4. The number of aromatic nitrogens is 1. The molecule has 12 nitrogen and oxygen atoms in total. The molecule has 0 spiro atoms. The highest BCUT2D eigenvalue weighted by Gasteiger charge is 2.22. The third-order valence-corrected chi connectivity index (χ3v) is 6.93. The summed E-state index contributed by atoms with van der Waals surface area (Å²) in [5.41, 5.74) is 1.96. The Hall–Kier alpha value is -2.80. The minimum absolute atomic E-state index is 0.108. The molecule has 2 heterocycles. The van der Waals surface area contributed by atoms with Gasteiger partial charge >= 0.3 is 6.09 Å². The number of carbonyl (C=O) groups is 3. The van der Waals surface area contributed by atoms with E-state index in [1.807, 2.05) is 33.2 Å². The molecule has 2 rings (SSSR count). The molecule has 12 heteroatoms. The van der Waals surface area contributed by atoms with Crippen LogP contribution in [0, 0.1) is 0 Å². The molecule has 1 atom stereocenters. The lowest BCUT2D eigenvalue weighted by atomic mass is 10.0. The van der Waals surface area contributed by atoms with Gasteiger partial charge in [0.05, 0.1) is 26.4 Å². The number of aryl methyl sites for hydroxylation is 1. The van der Waals surface area contributed by atoms with Gasteiger partial charge in [0.2, 0.25) is 11.8 Å². The van der Waals surface area contributed by atoms with Gasteiger partial charge in [-0.15, -0.1) is 0 Å². The Morgan fingerprint density at radius 3 is 1.98 bits per heavy atom. The van der Waals surface area contributed by atoms with E-state index in [9.17, 15) is 14.4 Å². The number of nitrogens with one attached hydrogen (secondary N) is 3. The average molecular weight is 622 g/mol. The van der Waals surface area contributed by atoms with Crippen molar-refractivity contribution in [1.29, 1.82) is 0 Å². The Kier molecular flexibility index (Phi) is 18.5. The molecular weight excluding hydrogens is 566 g/mol. The molecule has 1 aromatic heterocycles. The van der Waals surface area contributed by atoms with Crippen molar-refractivity contribution in [2.24, 2.45) is 0 Å². The summed E-state index contributed by atoms with van der Waals surface area (Å²) < 4.78 is 21.6. The Morgan fingerprint density at radius 2 is 1.41 bits per heavy atom. The average Bonchev–Trinajstić information content (AvgIpc) is 3.41. The summed E-state index contributed by atoms with van der Waals surface area (Å²) in [5, 5.41) is 8.42. The molecule has 3 amide bonds. The lowest BCUT2D eigenvalue weighted by Gasteiger charge is -2.19. The quantitative estimate of drug-likeness (QED) is 0.167. The minimum atomic E-state index is -0.502. The molecule has 0 bridgehead atoms. The number of nitrogens with zero attached hydrogens (tertiary/aromatic N) is 2. The first-order valence-electron chi connectivity index (χ1n) is 16.0. The van der Waals surface area contributed by atoms with Crippen molar-refractivity contribution < 1.29 is 33.3 Å². The van der Waals surface area contributed by atoms with Crippen molar-refractivity contribution in [2.75, 3.05) is 72.9 Å². The number of alkyl carbamates (subject to hydrolysis) is 1. The molecule has 1 aliphatic rings. The minimum Gasteiger partial charge on any atom is -0.444 e. The maximum absolute atomic E-state index is 12.1. The Morgan fingerprint density at radius 1 is 0.841 bits per heavy atom. The van der Waals surface area contributed by atoms with E-state index in [0.29, 0.717) is 78.2 Å². The maximum Gasteiger partial charge on any atom is 0.407 e. The van der Waals surface area contributed by atoms with E-state index in [2.05, 4.69) is 38.9 Å². The molecule has 44 heavy (non-hydrogen) atoms. The van der Waals surface area contributed by atoms with Crippen LogP contribution >= 0.6 is 0 Å². The van der Waals surface area contributed by atoms with Crippen LogP contribution in [0.5, 0.6) is 0 Å². The monoisotopic (exact) mass is 621 g/mol. The van der Waals surface area contributed by atoms with Crippen LogP contribution in [-0.4, -0.2) is 106 Å². The van der Waals surface area contributed by atoms with Crippen molar-refractivity contribution in [3.05, 3.63) is 29.6 Å². The molecule has 0 unspecified atom stereocenters. The predicted octanol–water partition coefficient (Wildman–Crippen LogP) is 3.15. The number of pyridine rings is 1. The first-order valence-corrected chi connectivity index (χ1v) is 16.0. The zero-order chi connectivity index (χ0) is 32.0. The topological polar surface area (TPSA) is 140 Å². The van der Waals surface area contributed by atoms with E-state index in [0.717, 1.165) is 19.4 Å².